The first-order valence-electron chi connectivity index (χ1n) is 8.42. The molecule has 25 heavy (non-hydrogen) atoms. The van der Waals surface area contributed by atoms with Gasteiger partial charge in [-0.25, -0.2) is 8.42 Å². The number of likely N-dealkylation sites (N-methyl/N-ethyl adjacent to an activating group) is 1. The SMILES string of the molecule is CCCCN(C)C(=O)c1ccccc1S(=O)(=O)N(C)C1CCNC1.Cl. The van der Waals surface area contributed by atoms with Crippen LogP contribution in [-0.4, -0.2) is 63.3 Å². The van der Waals surface area contributed by atoms with Gasteiger partial charge in [0.1, 0.15) is 0 Å². The molecular formula is C17H28ClN3O3S. The standard InChI is InChI=1S/C17H27N3O3S.ClH/c1-4-5-12-19(2)17(21)15-8-6-7-9-16(15)24(22,23)20(3)14-10-11-18-13-14;/h6-9,14,18H,4-5,10-13H2,1-3H3;1H. The van der Waals surface area contributed by atoms with Crippen LogP contribution in [0.5, 0.6) is 0 Å². The quantitative estimate of drug-likeness (QED) is 0.773. The lowest BCUT2D eigenvalue weighted by molar-refractivity contribution is 0.0789. The molecule has 1 aliphatic heterocycles. The van der Waals surface area contributed by atoms with Crippen molar-refractivity contribution < 1.29 is 13.2 Å². The lowest BCUT2D eigenvalue weighted by Gasteiger charge is -2.25. The molecule has 8 heteroatoms. The van der Waals surface area contributed by atoms with Crippen molar-refractivity contribution in [1.29, 1.82) is 0 Å². The van der Waals surface area contributed by atoms with Gasteiger partial charge in [0.05, 0.1) is 10.5 Å². The molecule has 2 rings (SSSR count). The van der Waals surface area contributed by atoms with E-state index in [9.17, 15) is 13.2 Å². The minimum Gasteiger partial charge on any atom is -0.342 e. The van der Waals surface area contributed by atoms with Crippen LogP contribution in [0, 0.1) is 0 Å². The van der Waals surface area contributed by atoms with Gasteiger partial charge in [-0.2, -0.15) is 4.31 Å². The molecule has 1 N–H and O–H groups in total. The first-order chi connectivity index (χ1) is 11.4. The topological polar surface area (TPSA) is 69.7 Å². The van der Waals surface area contributed by atoms with E-state index in [4.69, 9.17) is 0 Å². The van der Waals surface area contributed by atoms with Crippen LogP contribution in [0.1, 0.15) is 36.5 Å². The maximum atomic E-state index is 13.0. The maximum Gasteiger partial charge on any atom is 0.254 e. The second-order valence-electron chi connectivity index (χ2n) is 6.24. The Morgan fingerprint density at radius 1 is 1.28 bits per heavy atom. The number of benzene rings is 1. The van der Waals surface area contributed by atoms with Gasteiger partial charge in [0, 0.05) is 33.2 Å². The first kappa shape index (κ1) is 21.9. The monoisotopic (exact) mass is 389 g/mol. The van der Waals surface area contributed by atoms with E-state index in [1.54, 1.807) is 37.2 Å². The summed E-state index contributed by atoms with van der Waals surface area (Å²) in [7, 11) is -0.400. The number of hydrogen-bond donors (Lipinski definition) is 1. The molecule has 1 atom stereocenters. The van der Waals surface area contributed by atoms with Crippen LogP contribution in [-0.2, 0) is 10.0 Å². The minimum absolute atomic E-state index is 0. The summed E-state index contributed by atoms with van der Waals surface area (Å²) in [5.74, 6) is -0.249. The summed E-state index contributed by atoms with van der Waals surface area (Å²) in [4.78, 5) is 14.4. The van der Waals surface area contributed by atoms with Crippen molar-refractivity contribution in [2.45, 2.75) is 37.1 Å². The van der Waals surface area contributed by atoms with Crippen molar-refractivity contribution in [1.82, 2.24) is 14.5 Å². The smallest absolute Gasteiger partial charge is 0.254 e. The molecule has 0 radical (unpaired) electrons. The number of hydrogen-bond acceptors (Lipinski definition) is 4. The third-order valence-electron chi connectivity index (χ3n) is 4.52. The molecule has 142 valence electrons. The summed E-state index contributed by atoms with van der Waals surface area (Å²) in [6.45, 7) is 4.13. The van der Waals surface area contributed by atoms with Crippen LogP contribution in [0.15, 0.2) is 29.2 Å². The van der Waals surface area contributed by atoms with Crippen molar-refractivity contribution in [3.05, 3.63) is 29.8 Å². The fourth-order valence-electron chi connectivity index (χ4n) is 2.87. The van der Waals surface area contributed by atoms with Gasteiger partial charge >= 0.3 is 0 Å². The zero-order valence-electron chi connectivity index (χ0n) is 15.1. The second kappa shape index (κ2) is 9.52. The van der Waals surface area contributed by atoms with Crippen LogP contribution in [0.4, 0.5) is 0 Å². The Balaban J connectivity index is 0.00000312. The van der Waals surface area contributed by atoms with Crippen LogP contribution < -0.4 is 5.32 Å². The number of carbonyl (C=O) groups excluding carboxylic acids is 1. The summed E-state index contributed by atoms with van der Waals surface area (Å²) < 4.78 is 27.4. The average molecular weight is 390 g/mol. The molecule has 0 aliphatic carbocycles. The Kier molecular flexibility index (Phi) is 8.34. The lowest BCUT2D eigenvalue weighted by atomic mass is 10.2. The molecule has 1 fully saturated rings. The number of amides is 1. The zero-order chi connectivity index (χ0) is 17.7. The molecule has 0 aromatic heterocycles. The predicted octanol–water partition coefficient (Wildman–Crippen LogP) is 1.96. The van der Waals surface area contributed by atoms with E-state index < -0.39 is 10.0 Å². The van der Waals surface area contributed by atoms with Crippen molar-refractivity contribution in [3.8, 4) is 0 Å². The Morgan fingerprint density at radius 2 is 1.96 bits per heavy atom. The van der Waals surface area contributed by atoms with E-state index in [1.807, 2.05) is 0 Å². The van der Waals surface area contributed by atoms with Crippen LogP contribution in [0.3, 0.4) is 0 Å². The highest BCUT2D eigenvalue weighted by atomic mass is 35.5. The fourth-order valence-corrected chi connectivity index (χ4v) is 4.44. The Labute approximate surface area is 157 Å². The molecular weight excluding hydrogens is 362 g/mol. The van der Waals surface area contributed by atoms with Crippen molar-refractivity contribution in [2.24, 2.45) is 0 Å². The highest BCUT2D eigenvalue weighted by Gasteiger charge is 2.33. The maximum absolute atomic E-state index is 13.0. The number of rotatable bonds is 7. The van der Waals surface area contributed by atoms with Crippen LogP contribution in [0.25, 0.3) is 0 Å². The van der Waals surface area contributed by atoms with E-state index >= 15 is 0 Å². The normalized spacial score (nSPS) is 17.4. The van der Waals surface area contributed by atoms with Gasteiger partial charge < -0.3 is 10.2 Å². The van der Waals surface area contributed by atoms with Gasteiger partial charge in [0.15, 0.2) is 0 Å². The number of nitrogens with one attached hydrogen (secondary N) is 1. The largest absolute Gasteiger partial charge is 0.342 e. The molecule has 1 aromatic carbocycles. The van der Waals surface area contributed by atoms with Gasteiger partial charge in [0.2, 0.25) is 10.0 Å². The predicted molar refractivity (Wildman–Crippen MR) is 102 cm³/mol. The van der Waals surface area contributed by atoms with Crippen molar-refractivity contribution >= 4 is 28.3 Å². The molecule has 0 saturated carbocycles. The molecule has 1 aromatic rings. The Morgan fingerprint density at radius 3 is 2.56 bits per heavy atom. The highest BCUT2D eigenvalue weighted by Crippen LogP contribution is 2.23. The molecule has 6 nitrogen and oxygen atoms in total. The summed E-state index contributed by atoms with van der Waals surface area (Å²) in [5, 5.41) is 3.17. The third kappa shape index (κ3) is 4.94. The second-order valence-corrected chi connectivity index (χ2v) is 8.21. The number of sulfonamides is 1. The van der Waals surface area contributed by atoms with E-state index in [-0.39, 0.29) is 34.8 Å². The van der Waals surface area contributed by atoms with Gasteiger partial charge in [-0.1, -0.05) is 25.5 Å². The van der Waals surface area contributed by atoms with E-state index in [2.05, 4.69) is 12.2 Å². The fraction of sp³-hybridized carbons (Fsp3) is 0.588. The lowest BCUT2D eigenvalue weighted by Crippen LogP contribution is -2.39. The zero-order valence-corrected chi connectivity index (χ0v) is 16.7. The first-order valence-corrected chi connectivity index (χ1v) is 9.86. The summed E-state index contributed by atoms with van der Waals surface area (Å²) in [6, 6.07) is 6.41. The van der Waals surface area contributed by atoms with Gasteiger partial charge in [-0.15, -0.1) is 12.4 Å². The van der Waals surface area contributed by atoms with E-state index in [0.29, 0.717) is 13.1 Å². The van der Waals surface area contributed by atoms with Gasteiger partial charge in [0.25, 0.3) is 5.91 Å². The Bertz CT molecular complexity index is 675. The molecule has 0 spiro atoms. The molecule has 1 heterocycles. The van der Waals surface area contributed by atoms with E-state index in [0.717, 1.165) is 25.8 Å². The highest BCUT2D eigenvalue weighted by molar-refractivity contribution is 7.89. The number of carbonyl (C=O) groups is 1. The summed E-state index contributed by atoms with van der Waals surface area (Å²) in [5.41, 5.74) is 0.244. The Hall–Kier alpha value is -1.15. The van der Waals surface area contributed by atoms with Crippen LogP contribution >= 0.6 is 12.4 Å². The number of nitrogens with zero attached hydrogens (tertiary/aromatic N) is 2. The van der Waals surface area contributed by atoms with Gasteiger partial charge in [-0.05, 0) is 31.5 Å². The van der Waals surface area contributed by atoms with Gasteiger partial charge in [-0.3, -0.25) is 4.79 Å². The van der Waals surface area contributed by atoms with Crippen molar-refractivity contribution in [2.75, 3.05) is 33.7 Å². The summed E-state index contributed by atoms with van der Waals surface area (Å²) >= 11 is 0. The minimum atomic E-state index is -3.71. The molecule has 0 bridgehead atoms. The third-order valence-corrected chi connectivity index (χ3v) is 6.49. The number of halogens is 1. The molecule has 1 saturated heterocycles. The average Bonchev–Trinajstić information content (AvgIpc) is 3.12. The molecule has 1 aliphatic rings. The molecule has 1 amide bonds. The van der Waals surface area contributed by atoms with Crippen LogP contribution in [0.2, 0.25) is 0 Å². The number of unbranched alkanes of at least 4 members (excludes halogenated alkanes) is 1. The van der Waals surface area contributed by atoms with Crippen molar-refractivity contribution in [3.63, 3.8) is 0 Å². The molecule has 1 unspecified atom stereocenters. The van der Waals surface area contributed by atoms with E-state index in [1.165, 1.54) is 10.4 Å². The summed E-state index contributed by atoms with van der Waals surface area (Å²) in [6.07, 6.45) is 2.65.